The third kappa shape index (κ3) is 6.41. The van der Waals surface area contributed by atoms with Gasteiger partial charge in [0.1, 0.15) is 0 Å². The van der Waals surface area contributed by atoms with Crippen LogP contribution in [0.4, 0.5) is 0 Å². The van der Waals surface area contributed by atoms with Crippen LogP contribution in [0.2, 0.25) is 0 Å². The van der Waals surface area contributed by atoms with E-state index in [0.717, 1.165) is 32.6 Å². The summed E-state index contributed by atoms with van der Waals surface area (Å²) in [6.45, 7) is 4.29. The quantitative estimate of drug-likeness (QED) is 0.740. The first-order chi connectivity index (χ1) is 8.22. The minimum Gasteiger partial charge on any atom is -0.396 e. The predicted molar refractivity (Wildman–Crippen MR) is 72.0 cm³/mol. The largest absolute Gasteiger partial charge is 0.396 e. The van der Waals surface area contributed by atoms with Crippen LogP contribution >= 0.6 is 0 Å². The van der Waals surface area contributed by atoms with Gasteiger partial charge in [0.25, 0.3) is 0 Å². The van der Waals surface area contributed by atoms with E-state index in [1.165, 1.54) is 5.56 Å². The van der Waals surface area contributed by atoms with Crippen molar-refractivity contribution in [2.24, 2.45) is 0 Å². The highest BCUT2D eigenvalue weighted by molar-refractivity contribution is 5.14. The Balaban J connectivity index is 2.44. The molecule has 0 aliphatic carbocycles. The molecule has 0 aliphatic rings. The van der Waals surface area contributed by atoms with Crippen LogP contribution < -0.4 is 0 Å². The summed E-state index contributed by atoms with van der Waals surface area (Å²) in [4.78, 5) is 4.59. The lowest BCUT2D eigenvalue weighted by atomic mass is 10.2. The van der Waals surface area contributed by atoms with Gasteiger partial charge in [0.2, 0.25) is 0 Å². The summed E-state index contributed by atoms with van der Waals surface area (Å²) in [7, 11) is 4.18. The first kappa shape index (κ1) is 14.2. The lowest BCUT2D eigenvalue weighted by Gasteiger charge is -2.23. The SMILES string of the molecule is CN(C)CCN(CCCO)Cc1ccccc1. The van der Waals surface area contributed by atoms with Crippen molar-refractivity contribution in [3.8, 4) is 0 Å². The molecule has 0 radical (unpaired) electrons. The number of hydrogen-bond donors (Lipinski definition) is 1. The molecule has 0 atom stereocenters. The zero-order valence-electron chi connectivity index (χ0n) is 11.0. The second kappa shape index (κ2) is 8.23. The molecule has 0 aliphatic heterocycles. The van der Waals surface area contributed by atoms with Gasteiger partial charge in [0, 0.05) is 32.8 Å². The van der Waals surface area contributed by atoms with E-state index in [1.807, 2.05) is 6.07 Å². The highest BCUT2D eigenvalue weighted by Gasteiger charge is 2.05. The van der Waals surface area contributed by atoms with Crippen LogP contribution in [0.25, 0.3) is 0 Å². The second-order valence-corrected chi connectivity index (χ2v) is 4.64. The molecule has 1 rings (SSSR count). The Hall–Kier alpha value is -0.900. The van der Waals surface area contributed by atoms with E-state index < -0.39 is 0 Å². The van der Waals surface area contributed by atoms with Crippen molar-refractivity contribution in [1.82, 2.24) is 9.80 Å². The molecule has 0 heterocycles. The summed E-state index contributed by atoms with van der Waals surface area (Å²) >= 11 is 0. The molecule has 0 aromatic heterocycles. The van der Waals surface area contributed by atoms with Gasteiger partial charge in [0.15, 0.2) is 0 Å². The number of benzene rings is 1. The highest BCUT2D eigenvalue weighted by atomic mass is 16.3. The molecule has 0 unspecified atom stereocenters. The summed E-state index contributed by atoms with van der Waals surface area (Å²) in [6.07, 6.45) is 0.847. The number of likely N-dealkylation sites (N-methyl/N-ethyl adjacent to an activating group) is 1. The molecule has 1 aromatic rings. The normalized spacial score (nSPS) is 11.4. The molecule has 0 amide bonds. The molecule has 1 N–H and O–H groups in total. The first-order valence-electron chi connectivity index (χ1n) is 6.24. The molecular formula is C14H24N2O. The van der Waals surface area contributed by atoms with E-state index in [4.69, 9.17) is 5.11 Å². The number of hydrogen-bond acceptors (Lipinski definition) is 3. The molecule has 96 valence electrons. The summed E-state index contributed by atoms with van der Waals surface area (Å²) < 4.78 is 0. The Labute approximate surface area is 105 Å². The first-order valence-corrected chi connectivity index (χ1v) is 6.24. The fraction of sp³-hybridized carbons (Fsp3) is 0.571. The van der Waals surface area contributed by atoms with Crippen molar-refractivity contribution < 1.29 is 5.11 Å². The van der Waals surface area contributed by atoms with Crippen LogP contribution in [0.1, 0.15) is 12.0 Å². The van der Waals surface area contributed by atoms with Gasteiger partial charge in [-0.05, 0) is 26.1 Å². The molecular weight excluding hydrogens is 212 g/mol. The minimum atomic E-state index is 0.271. The summed E-state index contributed by atoms with van der Waals surface area (Å²) in [5.74, 6) is 0. The average Bonchev–Trinajstić information content (AvgIpc) is 2.34. The van der Waals surface area contributed by atoms with Crippen LogP contribution in [-0.2, 0) is 6.54 Å². The Morgan fingerprint density at radius 2 is 1.71 bits per heavy atom. The van der Waals surface area contributed by atoms with E-state index in [2.05, 4.69) is 48.2 Å². The molecule has 0 saturated carbocycles. The summed E-state index contributed by atoms with van der Waals surface area (Å²) in [6, 6.07) is 10.5. The maximum absolute atomic E-state index is 8.92. The number of nitrogens with zero attached hydrogens (tertiary/aromatic N) is 2. The number of rotatable bonds is 8. The van der Waals surface area contributed by atoms with Gasteiger partial charge in [-0.3, -0.25) is 4.90 Å². The van der Waals surface area contributed by atoms with Crippen LogP contribution in [0.15, 0.2) is 30.3 Å². The van der Waals surface area contributed by atoms with E-state index in [-0.39, 0.29) is 6.61 Å². The van der Waals surface area contributed by atoms with Crippen molar-refractivity contribution in [2.75, 3.05) is 40.3 Å². The molecule has 0 spiro atoms. The van der Waals surface area contributed by atoms with E-state index in [9.17, 15) is 0 Å². The third-order valence-corrected chi connectivity index (χ3v) is 2.74. The summed E-state index contributed by atoms with van der Waals surface area (Å²) in [5, 5.41) is 8.92. The Bertz CT molecular complexity index is 288. The molecule has 17 heavy (non-hydrogen) atoms. The zero-order valence-corrected chi connectivity index (χ0v) is 11.0. The topological polar surface area (TPSA) is 26.7 Å². The molecule has 3 nitrogen and oxygen atoms in total. The molecule has 3 heteroatoms. The Morgan fingerprint density at radius 3 is 2.29 bits per heavy atom. The minimum absolute atomic E-state index is 0.271. The summed E-state index contributed by atoms with van der Waals surface area (Å²) in [5.41, 5.74) is 1.34. The van der Waals surface area contributed by atoms with Crippen molar-refractivity contribution in [1.29, 1.82) is 0 Å². The lowest BCUT2D eigenvalue weighted by Crippen LogP contribution is -2.32. The van der Waals surface area contributed by atoms with Crippen LogP contribution in [0.5, 0.6) is 0 Å². The molecule has 1 aromatic carbocycles. The van der Waals surface area contributed by atoms with Gasteiger partial charge < -0.3 is 10.0 Å². The van der Waals surface area contributed by atoms with E-state index in [0.29, 0.717) is 0 Å². The fourth-order valence-corrected chi connectivity index (χ4v) is 1.75. The van der Waals surface area contributed by atoms with Gasteiger partial charge in [-0.2, -0.15) is 0 Å². The maximum Gasteiger partial charge on any atom is 0.0443 e. The second-order valence-electron chi connectivity index (χ2n) is 4.64. The Kier molecular flexibility index (Phi) is 6.86. The Morgan fingerprint density at radius 1 is 1.00 bits per heavy atom. The van der Waals surface area contributed by atoms with Crippen molar-refractivity contribution >= 4 is 0 Å². The standard InChI is InChI=1S/C14H24N2O/c1-15(2)10-11-16(9-6-12-17)13-14-7-4-3-5-8-14/h3-5,7-8,17H,6,9-13H2,1-2H3. The van der Waals surface area contributed by atoms with Gasteiger partial charge in [-0.15, -0.1) is 0 Å². The highest BCUT2D eigenvalue weighted by Crippen LogP contribution is 2.04. The monoisotopic (exact) mass is 236 g/mol. The van der Waals surface area contributed by atoms with Gasteiger partial charge in [-0.1, -0.05) is 30.3 Å². The number of aliphatic hydroxyl groups excluding tert-OH is 1. The third-order valence-electron chi connectivity index (χ3n) is 2.74. The number of aliphatic hydroxyl groups is 1. The van der Waals surface area contributed by atoms with E-state index in [1.54, 1.807) is 0 Å². The fourth-order valence-electron chi connectivity index (χ4n) is 1.75. The van der Waals surface area contributed by atoms with Crippen LogP contribution in [0, 0.1) is 0 Å². The molecule has 0 bridgehead atoms. The van der Waals surface area contributed by atoms with Crippen LogP contribution in [0.3, 0.4) is 0 Å². The average molecular weight is 236 g/mol. The van der Waals surface area contributed by atoms with Crippen LogP contribution in [-0.4, -0.2) is 55.2 Å². The predicted octanol–water partition coefficient (Wildman–Crippen LogP) is 1.43. The van der Waals surface area contributed by atoms with E-state index >= 15 is 0 Å². The zero-order chi connectivity index (χ0) is 12.5. The lowest BCUT2D eigenvalue weighted by molar-refractivity contribution is 0.203. The maximum atomic E-state index is 8.92. The van der Waals surface area contributed by atoms with Gasteiger partial charge in [0.05, 0.1) is 0 Å². The molecule has 0 fully saturated rings. The molecule has 0 saturated heterocycles. The van der Waals surface area contributed by atoms with Crippen molar-refractivity contribution in [3.63, 3.8) is 0 Å². The van der Waals surface area contributed by atoms with Crippen molar-refractivity contribution in [2.45, 2.75) is 13.0 Å². The van der Waals surface area contributed by atoms with Gasteiger partial charge >= 0.3 is 0 Å². The van der Waals surface area contributed by atoms with Gasteiger partial charge in [-0.25, -0.2) is 0 Å². The van der Waals surface area contributed by atoms with Crippen molar-refractivity contribution in [3.05, 3.63) is 35.9 Å². The smallest absolute Gasteiger partial charge is 0.0443 e.